The van der Waals surface area contributed by atoms with E-state index in [0.717, 1.165) is 0 Å². The second-order valence-electron chi connectivity index (χ2n) is 0.803. The van der Waals surface area contributed by atoms with Crippen molar-refractivity contribution >= 4 is 0 Å². The van der Waals surface area contributed by atoms with Gasteiger partial charge in [0.05, 0.1) is 0 Å². The summed E-state index contributed by atoms with van der Waals surface area (Å²) in [6.07, 6.45) is -0.838. The fourth-order valence-electron chi connectivity index (χ4n) is 0. The van der Waals surface area contributed by atoms with Crippen LogP contribution in [0, 0.1) is 7.43 Å². The van der Waals surface area contributed by atoms with Gasteiger partial charge in [-0.25, -0.2) is 0 Å². The van der Waals surface area contributed by atoms with Crippen molar-refractivity contribution in [1.29, 1.82) is 0 Å². The van der Waals surface area contributed by atoms with Crippen molar-refractivity contribution in [1.82, 2.24) is 0 Å². The predicted molar refractivity (Wildman–Crippen MR) is 26.3 cm³/mol. The Morgan fingerprint density at radius 3 is 1.75 bits per heavy atom. The predicted octanol–water partition coefficient (Wildman–Crippen LogP) is -1.45. The summed E-state index contributed by atoms with van der Waals surface area (Å²) in [5.41, 5.74) is 9.52. The van der Waals surface area contributed by atoms with Crippen molar-refractivity contribution < 1.29 is 26.9 Å². The van der Waals surface area contributed by atoms with E-state index < -0.39 is 6.23 Å². The van der Waals surface area contributed by atoms with Crippen LogP contribution in [0.15, 0.2) is 0 Å². The summed E-state index contributed by atoms with van der Waals surface area (Å²) in [7, 11) is 0. The SMILES string of the molecule is NCC(N)O.[CH3-].[O]=[Zn]. The van der Waals surface area contributed by atoms with Crippen molar-refractivity contribution in [2.75, 3.05) is 6.54 Å². The molecule has 0 heterocycles. The quantitative estimate of drug-likeness (QED) is 0.257. The van der Waals surface area contributed by atoms with Gasteiger partial charge in [-0.15, -0.1) is 0 Å². The molecule has 0 aliphatic carbocycles. The first-order valence-electron chi connectivity index (χ1n) is 1.70. The molecule has 0 rings (SSSR count). The van der Waals surface area contributed by atoms with Gasteiger partial charge in [0.15, 0.2) is 0 Å². The van der Waals surface area contributed by atoms with Gasteiger partial charge in [-0.2, -0.15) is 0 Å². The van der Waals surface area contributed by atoms with Crippen molar-refractivity contribution in [3.05, 3.63) is 7.43 Å². The van der Waals surface area contributed by atoms with E-state index in [9.17, 15) is 0 Å². The summed E-state index contributed by atoms with van der Waals surface area (Å²) in [4.78, 5) is 0. The molecule has 0 bridgehead atoms. The Kier molecular flexibility index (Phi) is 30.8. The van der Waals surface area contributed by atoms with E-state index in [0.29, 0.717) is 0 Å². The van der Waals surface area contributed by atoms with Gasteiger partial charge < -0.3 is 24.0 Å². The first kappa shape index (κ1) is 15.7. The number of aliphatic hydroxyl groups is 1. The number of nitrogens with two attached hydrogens (primary N) is 2. The first-order valence-corrected chi connectivity index (χ1v) is 2.91. The van der Waals surface area contributed by atoms with E-state index in [-0.39, 0.29) is 32.2 Å². The van der Waals surface area contributed by atoms with Crippen LogP contribution in [0.3, 0.4) is 0 Å². The fourth-order valence-corrected chi connectivity index (χ4v) is 0. The number of hydrogen-bond acceptors (Lipinski definition) is 4. The van der Waals surface area contributed by atoms with Crippen LogP contribution in [0.2, 0.25) is 0 Å². The summed E-state index contributed by atoms with van der Waals surface area (Å²) in [6, 6.07) is 0. The Bertz CT molecular complexity index is 36.5. The minimum absolute atomic E-state index is 0. The molecule has 1 atom stereocenters. The third-order valence-electron chi connectivity index (χ3n) is 0.241. The molecule has 0 radical (unpaired) electrons. The molecule has 0 fully saturated rings. The van der Waals surface area contributed by atoms with Crippen molar-refractivity contribution in [2.45, 2.75) is 6.23 Å². The molecule has 0 aliphatic heterocycles. The molecule has 5 heteroatoms. The number of rotatable bonds is 1. The third-order valence-corrected chi connectivity index (χ3v) is 0.241. The van der Waals surface area contributed by atoms with E-state index in [1.807, 2.05) is 0 Å². The molecular weight excluding hydrogens is 161 g/mol. The summed E-state index contributed by atoms with van der Waals surface area (Å²) in [5.74, 6) is 0. The molecule has 48 valence electrons. The van der Waals surface area contributed by atoms with Crippen LogP contribution in [0.4, 0.5) is 0 Å². The molecule has 4 nitrogen and oxygen atoms in total. The van der Waals surface area contributed by atoms with Gasteiger partial charge in [0, 0.05) is 6.54 Å². The Morgan fingerprint density at radius 1 is 1.62 bits per heavy atom. The second kappa shape index (κ2) is 15.7. The van der Waals surface area contributed by atoms with Gasteiger partial charge in [0.25, 0.3) is 0 Å². The van der Waals surface area contributed by atoms with Gasteiger partial charge in [0.2, 0.25) is 0 Å². The molecule has 5 N–H and O–H groups in total. The van der Waals surface area contributed by atoms with Crippen LogP contribution in [-0.2, 0) is 21.8 Å². The Hall–Kier alpha value is 0.303. The van der Waals surface area contributed by atoms with E-state index in [2.05, 4.69) is 0 Å². The minimum atomic E-state index is -0.838. The van der Waals surface area contributed by atoms with Crippen LogP contribution in [0.5, 0.6) is 0 Å². The van der Waals surface area contributed by atoms with Crippen molar-refractivity contribution in [3.8, 4) is 0 Å². The molecule has 0 saturated heterocycles. The van der Waals surface area contributed by atoms with Gasteiger partial charge in [-0.1, -0.05) is 0 Å². The van der Waals surface area contributed by atoms with Crippen LogP contribution in [-0.4, -0.2) is 17.9 Å². The molecule has 0 aliphatic rings. The van der Waals surface area contributed by atoms with Crippen LogP contribution in [0.25, 0.3) is 0 Å². The Morgan fingerprint density at radius 2 is 1.75 bits per heavy atom. The summed E-state index contributed by atoms with van der Waals surface area (Å²) < 4.78 is 8.38. The average molecular weight is 173 g/mol. The zero-order valence-electron chi connectivity index (χ0n) is 5.00. The maximum absolute atomic E-state index is 8.38. The van der Waals surface area contributed by atoms with Crippen LogP contribution < -0.4 is 11.5 Å². The van der Waals surface area contributed by atoms with E-state index in [1.54, 1.807) is 0 Å². The standard InChI is InChI=1S/C2H8N2O.CH3.O.Zn/c3-1-2(4)5;;;/h2,5H,1,3-4H2;1H3;;/q;-1;;. The zero-order valence-corrected chi connectivity index (χ0v) is 7.97. The number of aliphatic hydroxyl groups excluding tert-OH is 1. The first-order chi connectivity index (χ1) is 3.27. The molecule has 0 saturated carbocycles. The number of hydrogen-bond donors (Lipinski definition) is 3. The summed E-state index contributed by atoms with van der Waals surface area (Å²) in [5, 5.41) is 8.01. The van der Waals surface area contributed by atoms with E-state index in [1.165, 1.54) is 0 Å². The van der Waals surface area contributed by atoms with Gasteiger partial charge >= 0.3 is 21.8 Å². The second-order valence-corrected chi connectivity index (χ2v) is 0.803. The molecule has 1 unspecified atom stereocenters. The van der Waals surface area contributed by atoms with Crippen molar-refractivity contribution in [2.24, 2.45) is 11.5 Å². The Labute approximate surface area is 59.2 Å². The molecular formula is C3H11N2O2Zn-. The summed E-state index contributed by atoms with van der Waals surface area (Å²) in [6.45, 7) is 0.139. The van der Waals surface area contributed by atoms with E-state index in [4.69, 9.17) is 20.1 Å². The molecule has 0 aromatic heterocycles. The molecule has 0 spiro atoms. The van der Waals surface area contributed by atoms with Crippen LogP contribution >= 0.6 is 0 Å². The topological polar surface area (TPSA) is 89.3 Å². The average Bonchev–Trinajstić information content (AvgIpc) is 1.73. The molecule has 0 aromatic carbocycles. The maximum atomic E-state index is 8.38. The Balaban J connectivity index is -0.0000000750. The fraction of sp³-hybridized carbons (Fsp3) is 0.667. The molecule has 0 amide bonds. The third kappa shape index (κ3) is 33.4. The van der Waals surface area contributed by atoms with Crippen LogP contribution in [0.1, 0.15) is 0 Å². The van der Waals surface area contributed by atoms with Gasteiger partial charge in [0.1, 0.15) is 6.23 Å². The summed E-state index contributed by atoms with van der Waals surface area (Å²) >= 11 is 0.125. The molecule has 8 heavy (non-hydrogen) atoms. The van der Waals surface area contributed by atoms with Gasteiger partial charge in [-0.05, 0) is 0 Å². The monoisotopic (exact) mass is 171 g/mol. The molecule has 0 aromatic rings. The van der Waals surface area contributed by atoms with E-state index >= 15 is 0 Å². The van der Waals surface area contributed by atoms with Crippen molar-refractivity contribution in [3.63, 3.8) is 0 Å². The van der Waals surface area contributed by atoms with Gasteiger partial charge in [-0.3, -0.25) is 0 Å². The zero-order chi connectivity index (χ0) is 6.28. The normalized spacial score (nSPS) is 10.1.